The van der Waals surface area contributed by atoms with Gasteiger partial charge in [0.15, 0.2) is 5.75 Å². The number of thioether (sulfide) groups is 1. The molecule has 0 bridgehead atoms. The number of fused-ring (bicyclic) bond motifs is 1. The van der Waals surface area contributed by atoms with Crippen molar-refractivity contribution in [1.29, 1.82) is 0 Å². The van der Waals surface area contributed by atoms with Crippen LogP contribution in [0.3, 0.4) is 0 Å². The van der Waals surface area contributed by atoms with E-state index in [1.807, 2.05) is 0 Å². The SMILES string of the molecule is COc1c(S)sc2cc(SC)ccc12. The molecule has 0 radical (unpaired) electrons. The summed E-state index contributed by atoms with van der Waals surface area (Å²) in [6, 6.07) is 6.37. The van der Waals surface area contributed by atoms with Crippen LogP contribution in [0.4, 0.5) is 0 Å². The van der Waals surface area contributed by atoms with E-state index in [2.05, 4.69) is 37.1 Å². The second-order valence-corrected chi connectivity index (χ2v) is 5.48. The second kappa shape index (κ2) is 4.04. The fourth-order valence-corrected chi connectivity index (χ4v) is 3.34. The zero-order valence-electron chi connectivity index (χ0n) is 7.90. The summed E-state index contributed by atoms with van der Waals surface area (Å²) >= 11 is 7.79. The lowest BCUT2D eigenvalue weighted by molar-refractivity contribution is 0.413. The molecule has 0 fully saturated rings. The quantitative estimate of drug-likeness (QED) is 0.631. The van der Waals surface area contributed by atoms with Crippen molar-refractivity contribution in [3.8, 4) is 5.75 Å². The summed E-state index contributed by atoms with van der Waals surface area (Å²) in [6.07, 6.45) is 2.08. The van der Waals surface area contributed by atoms with Crippen molar-refractivity contribution >= 4 is 45.8 Å². The van der Waals surface area contributed by atoms with Gasteiger partial charge in [-0.25, -0.2) is 0 Å². The highest BCUT2D eigenvalue weighted by atomic mass is 32.2. The fourth-order valence-electron chi connectivity index (χ4n) is 1.36. The molecule has 0 amide bonds. The molecule has 0 aliphatic heterocycles. The summed E-state index contributed by atoms with van der Waals surface area (Å²) in [5.74, 6) is 0.890. The third-order valence-electron chi connectivity index (χ3n) is 2.04. The van der Waals surface area contributed by atoms with Crippen LogP contribution in [0, 0.1) is 0 Å². The number of methoxy groups -OCH3 is 1. The molecule has 14 heavy (non-hydrogen) atoms. The highest BCUT2D eigenvalue weighted by Gasteiger charge is 2.09. The van der Waals surface area contributed by atoms with Crippen LogP contribution in [-0.4, -0.2) is 13.4 Å². The summed E-state index contributed by atoms with van der Waals surface area (Å²) in [5.41, 5.74) is 0. The van der Waals surface area contributed by atoms with Crippen LogP contribution in [0.1, 0.15) is 0 Å². The van der Waals surface area contributed by atoms with Crippen molar-refractivity contribution in [3.05, 3.63) is 18.2 Å². The number of thiol groups is 1. The fraction of sp³-hybridized carbons (Fsp3) is 0.200. The molecule has 0 aliphatic rings. The molecular formula is C10H10OS3. The molecule has 0 aliphatic carbocycles. The third-order valence-corrected chi connectivity index (χ3v) is 4.18. The van der Waals surface area contributed by atoms with Gasteiger partial charge in [-0.2, -0.15) is 0 Å². The zero-order chi connectivity index (χ0) is 10.1. The Kier molecular flexibility index (Phi) is 2.95. The minimum Gasteiger partial charge on any atom is -0.494 e. The average molecular weight is 242 g/mol. The Hall–Kier alpha value is -0.320. The minimum atomic E-state index is 0.890. The Bertz CT molecular complexity index is 462. The first-order chi connectivity index (χ1) is 6.76. The summed E-state index contributed by atoms with van der Waals surface area (Å²) in [5, 5.41) is 1.15. The van der Waals surface area contributed by atoms with Crippen molar-refractivity contribution < 1.29 is 4.74 Å². The molecule has 1 aromatic carbocycles. The van der Waals surface area contributed by atoms with Gasteiger partial charge < -0.3 is 4.74 Å². The van der Waals surface area contributed by atoms with Gasteiger partial charge in [0.2, 0.25) is 0 Å². The van der Waals surface area contributed by atoms with Crippen LogP contribution in [0.15, 0.2) is 27.3 Å². The number of thiophene rings is 1. The van der Waals surface area contributed by atoms with E-state index in [1.165, 1.54) is 9.60 Å². The summed E-state index contributed by atoms with van der Waals surface area (Å²) in [6.45, 7) is 0. The first kappa shape index (κ1) is 10.2. The van der Waals surface area contributed by atoms with Gasteiger partial charge in [0.25, 0.3) is 0 Å². The number of rotatable bonds is 2. The minimum absolute atomic E-state index is 0.890. The molecule has 0 N–H and O–H groups in total. The molecule has 0 spiro atoms. The van der Waals surface area contributed by atoms with Crippen molar-refractivity contribution in [2.24, 2.45) is 0 Å². The van der Waals surface area contributed by atoms with Gasteiger partial charge in [0.05, 0.1) is 7.11 Å². The van der Waals surface area contributed by atoms with Gasteiger partial charge in [-0.05, 0) is 24.5 Å². The van der Waals surface area contributed by atoms with Crippen LogP contribution in [-0.2, 0) is 0 Å². The van der Waals surface area contributed by atoms with Gasteiger partial charge in [-0.15, -0.1) is 35.7 Å². The molecule has 1 aromatic heterocycles. The second-order valence-electron chi connectivity index (χ2n) is 2.80. The molecule has 2 aromatic rings. The number of hydrogen-bond acceptors (Lipinski definition) is 4. The lowest BCUT2D eigenvalue weighted by atomic mass is 10.2. The van der Waals surface area contributed by atoms with E-state index in [9.17, 15) is 0 Å². The molecule has 1 nitrogen and oxygen atoms in total. The van der Waals surface area contributed by atoms with Crippen LogP contribution in [0.25, 0.3) is 10.1 Å². The van der Waals surface area contributed by atoms with E-state index in [-0.39, 0.29) is 0 Å². The first-order valence-electron chi connectivity index (χ1n) is 4.09. The van der Waals surface area contributed by atoms with E-state index in [0.717, 1.165) is 15.3 Å². The number of ether oxygens (including phenoxy) is 1. The van der Waals surface area contributed by atoms with Crippen molar-refractivity contribution in [2.45, 2.75) is 9.10 Å². The van der Waals surface area contributed by atoms with Gasteiger partial charge >= 0.3 is 0 Å². The van der Waals surface area contributed by atoms with E-state index in [4.69, 9.17) is 4.74 Å². The van der Waals surface area contributed by atoms with Crippen LogP contribution in [0.2, 0.25) is 0 Å². The van der Waals surface area contributed by atoms with Gasteiger partial charge in [-0.1, -0.05) is 0 Å². The Morgan fingerprint density at radius 2 is 2.21 bits per heavy atom. The highest BCUT2D eigenvalue weighted by molar-refractivity contribution is 7.98. The standard InChI is InChI=1S/C10H10OS3/c1-11-9-7-4-3-6(13-2)5-8(7)14-10(9)12/h3-5,12H,1-2H3. The molecular weight excluding hydrogens is 232 g/mol. The Morgan fingerprint density at radius 3 is 2.86 bits per heavy atom. The first-order valence-corrected chi connectivity index (χ1v) is 6.58. The predicted molar refractivity (Wildman–Crippen MR) is 67.4 cm³/mol. The Morgan fingerprint density at radius 1 is 1.43 bits per heavy atom. The third kappa shape index (κ3) is 1.62. The summed E-state index contributed by atoms with van der Waals surface area (Å²) < 4.78 is 7.48. The molecule has 1 heterocycles. The van der Waals surface area contributed by atoms with Crippen LogP contribution >= 0.6 is 35.7 Å². The lowest BCUT2D eigenvalue weighted by Crippen LogP contribution is -1.80. The topological polar surface area (TPSA) is 9.23 Å². The zero-order valence-corrected chi connectivity index (χ0v) is 10.4. The van der Waals surface area contributed by atoms with Gasteiger partial charge in [0.1, 0.15) is 4.21 Å². The normalized spacial score (nSPS) is 10.8. The maximum Gasteiger partial charge on any atom is 0.150 e. The van der Waals surface area contributed by atoms with Crippen molar-refractivity contribution in [2.75, 3.05) is 13.4 Å². The van der Waals surface area contributed by atoms with Gasteiger partial charge in [-0.3, -0.25) is 0 Å². The Balaban J connectivity index is 2.68. The maximum atomic E-state index is 5.30. The molecule has 0 saturated carbocycles. The van der Waals surface area contributed by atoms with Crippen LogP contribution in [0.5, 0.6) is 5.75 Å². The van der Waals surface area contributed by atoms with Crippen molar-refractivity contribution in [1.82, 2.24) is 0 Å². The number of hydrogen-bond donors (Lipinski definition) is 1. The van der Waals surface area contributed by atoms with E-state index < -0.39 is 0 Å². The largest absolute Gasteiger partial charge is 0.494 e. The van der Waals surface area contributed by atoms with Crippen molar-refractivity contribution in [3.63, 3.8) is 0 Å². The lowest BCUT2D eigenvalue weighted by Gasteiger charge is -1.99. The molecule has 2 rings (SSSR count). The molecule has 0 unspecified atom stereocenters. The molecule has 0 atom stereocenters. The summed E-state index contributed by atoms with van der Waals surface area (Å²) in [4.78, 5) is 1.27. The Labute approximate surface area is 96.9 Å². The van der Waals surface area contributed by atoms with E-state index in [0.29, 0.717) is 0 Å². The molecule has 0 saturated heterocycles. The van der Waals surface area contributed by atoms with Gasteiger partial charge in [0, 0.05) is 15.0 Å². The van der Waals surface area contributed by atoms with E-state index >= 15 is 0 Å². The molecule has 4 heteroatoms. The maximum absolute atomic E-state index is 5.30. The van der Waals surface area contributed by atoms with Crippen LogP contribution < -0.4 is 4.74 Å². The van der Waals surface area contributed by atoms with E-state index in [1.54, 1.807) is 30.2 Å². The smallest absolute Gasteiger partial charge is 0.150 e. The number of benzene rings is 1. The highest BCUT2D eigenvalue weighted by Crippen LogP contribution is 2.41. The predicted octanol–water partition coefficient (Wildman–Crippen LogP) is 3.92. The molecule has 74 valence electrons. The average Bonchev–Trinajstić information content (AvgIpc) is 2.51. The summed E-state index contributed by atoms with van der Waals surface area (Å²) in [7, 11) is 1.68. The monoisotopic (exact) mass is 242 g/mol.